The van der Waals surface area contributed by atoms with E-state index in [4.69, 9.17) is 4.74 Å². The maximum Gasteiger partial charge on any atom is 0.329 e. The number of nitrogens with one attached hydrogen (secondary N) is 1. The van der Waals surface area contributed by atoms with Crippen LogP contribution in [0.25, 0.3) is 0 Å². The van der Waals surface area contributed by atoms with Gasteiger partial charge in [-0.25, -0.2) is 9.18 Å². The van der Waals surface area contributed by atoms with Gasteiger partial charge in [0, 0.05) is 12.2 Å². The average Bonchev–Trinajstić information content (AvgIpc) is 3.00. The summed E-state index contributed by atoms with van der Waals surface area (Å²) in [5.41, 5.74) is 1.96. The molecule has 1 aromatic carbocycles. The number of nitrogens with zero attached hydrogens (tertiary/aromatic N) is 1. The standard InChI is InChI=1S/C14H15FN2O2/c15-11-3-1-10(2-4-11)8-19-14(18)13-6-5-12-7-16-9-17(12)13/h1-5,13,16H,6-9H2. The van der Waals surface area contributed by atoms with Crippen molar-refractivity contribution < 1.29 is 13.9 Å². The lowest BCUT2D eigenvalue weighted by Gasteiger charge is -2.22. The Morgan fingerprint density at radius 1 is 1.42 bits per heavy atom. The van der Waals surface area contributed by atoms with Crippen LogP contribution in [0.5, 0.6) is 0 Å². The van der Waals surface area contributed by atoms with E-state index >= 15 is 0 Å². The van der Waals surface area contributed by atoms with E-state index in [9.17, 15) is 9.18 Å². The molecule has 19 heavy (non-hydrogen) atoms. The summed E-state index contributed by atoms with van der Waals surface area (Å²) in [6.07, 6.45) is 2.78. The van der Waals surface area contributed by atoms with Crippen molar-refractivity contribution in [1.29, 1.82) is 0 Å². The minimum atomic E-state index is -0.289. The predicted octanol–water partition coefficient (Wildman–Crippen LogP) is 1.39. The Balaban J connectivity index is 1.56. The molecule has 0 aromatic heterocycles. The maximum absolute atomic E-state index is 12.7. The van der Waals surface area contributed by atoms with Crippen LogP contribution in [-0.4, -0.2) is 30.1 Å². The Labute approximate surface area is 110 Å². The van der Waals surface area contributed by atoms with Crippen LogP contribution in [0.1, 0.15) is 12.0 Å². The van der Waals surface area contributed by atoms with Gasteiger partial charge in [0.25, 0.3) is 0 Å². The van der Waals surface area contributed by atoms with E-state index < -0.39 is 0 Å². The molecule has 0 amide bonds. The van der Waals surface area contributed by atoms with Gasteiger partial charge >= 0.3 is 5.97 Å². The van der Waals surface area contributed by atoms with Gasteiger partial charge in [0.2, 0.25) is 0 Å². The first-order valence-electron chi connectivity index (χ1n) is 6.31. The lowest BCUT2D eigenvalue weighted by Crippen LogP contribution is -2.37. The van der Waals surface area contributed by atoms with Crippen LogP contribution < -0.4 is 5.32 Å². The van der Waals surface area contributed by atoms with Gasteiger partial charge in [-0.3, -0.25) is 5.32 Å². The smallest absolute Gasteiger partial charge is 0.329 e. The SMILES string of the molecule is O=C(OCc1ccc(F)cc1)C1CC=C2CNCN21. The molecule has 1 saturated heterocycles. The van der Waals surface area contributed by atoms with Crippen LogP contribution in [0.4, 0.5) is 4.39 Å². The number of benzene rings is 1. The number of ether oxygens (including phenoxy) is 1. The summed E-state index contributed by atoms with van der Waals surface area (Å²) < 4.78 is 18.0. The van der Waals surface area contributed by atoms with Gasteiger partial charge in [0.15, 0.2) is 0 Å². The summed E-state index contributed by atoms with van der Waals surface area (Å²) in [7, 11) is 0. The van der Waals surface area contributed by atoms with Crippen LogP contribution >= 0.6 is 0 Å². The number of esters is 1. The van der Waals surface area contributed by atoms with E-state index in [0.29, 0.717) is 13.1 Å². The summed E-state index contributed by atoms with van der Waals surface area (Å²) >= 11 is 0. The van der Waals surface area contributed by atoms with Crippen molar-refractivity contribution in [2.75, 3.05) is 13.2 Å². The average molecular weight is 262 g/mol. The number of hydrogen-bond acceptors (Lipinski definition) is 4. The molecule has 0 saturated carbocycles. The number of carbonyl (C=O) groups excluding carboxylic acids is 1. The summed E-state index contributed by atoms with van der Waals surface area (Å²) in [5.74, 6) is -0.512. The van der Waals surface area contributed by atoms with E-state index in [1.54, 1.807) is 12.1 Å². The van der Waals surface area contributed by atoms with E-state index in [1.807, 2.05) is 4.90 Å². The third-order valence-corrected chi connectivity index (χ3v) is 3.48. The molecule has 5 heteroatoms. The Kier molecular flexibility index (Phi) is 3.21. The molecule has 1 atom stereocenters. The third kappa shape index (κ3) is 2.46. The van der Waals surface area contributed by atoms with Gasteiger partial charge in [0.1, 0.15) is 18.5 Å². The number of fused-ring (bicyclic) bond motifs is 1. The second-order valence-electron chi connectivity index (χ2n) is 4.74. The predicted molar refractivity (Wildman–Crippen MR) is 67.4 cm³/mol. The molecule has 0 spiro atoms. The van der Waals surface area contributed by atoms with Crippen LogP contribution in [0.2, 0.25) is 0 Å². The molecule has 2 aliphatic heterocycles. The monoisotopic (exact) mass is 262 g/mol. The van der Waals surface area contributed by atoms with E-state index in [-0.39, 0.29) is 24.4 Å². The highest BCUT2D eigenvalue weighted by molar-refractivity contribution is 5.77. The highest BCUT2D eigenvalue weighted by Crippen LogP contribution is 2.25. The summed E-state index contributed by atoms with van der Waals surface area (Å²) in [4.78, 5) is 14.1. The number of rotatable bonds is 3. The second kappa shape index (κ2) is 5.01. The van der Waals surface area contributed by atoms with Crippen LogP contribution in [0.15, 0.2) is 36.0 Å². The Bertz CT molecular complexity index is 513. The quantitative estimate of drug-likeness (QED) is 0.836. The van der Waals surface area contributed by atoms with Gasteiger partial charge in [-0.1, -0.05) is 18.2 Å². The molecule has 0 bridgehead atoms. The highest BCUT2D eigenvalue weighted by atomic mass is 19.1. The fraction of sp³-hybridized carbons (Fsp3) is 0.357. The largest absolute Gasteiger partial charge is 0.459 e. The normalized spacial score (nSPS) is 21.2. The van der Waals surface area contributed by atoms with Gasteiger partial charge in [0.05, 0.1) is 6.67 Å². The van der Waals surface area contributed by atoms with Gasteiger partial charge in [-0.05, 0) is 24.1 Å². The summed E-state index contributed by atoms with van der Waals surface area (Å²) in [6.45, 7) is 1.70. The van der Waals surface area contributed by atoms with E-state index in [0.717, 1.165) is 12.1 Å². The van der Waals surface area contributed by atoms with Crippen molar-refractivity contribution in [2.45, 2.75) is 19.1 Å². The number of halogens is 1. The molecule has 1 aromatic rings. The molecule has 4 nitrogen and oxygen atoms in total. The van der Waals surface area contributed by atoms with Crippen molar-refractivity contribution in [3.8, 4) is 0 Å². The fourth-order valence-corrected chi connectivity index (χ4v) is 2.44. The van der Waals surface area contributed by atoms with Crippen molar-refractivity contribution in [3.05, 3.63) is 47.4 Å². The minimum absolute atomic E-state index is 0.187. The number of hydrogen-bond donors (Lipinski definition) is 1. The Morgan fingerprint density at radius 2 is 2.21 bits per heavy atom. The second-order valence-corrected chi connectivity index (χ2v) is 4.74. The van der Waals surface area contributed by atoms with Crippen LogP contribution in [0.3, 0.4) is 0 Å². The molecular weight excluding hydrogens is 247 g/mol. The molecule has 1 N–H and O–H groups in total. The summed E-state index contributed by atoms with van der Waals surface area (Å²) in [5, 5.41) is 3.20. The Morgan fingerprint density at radius 3 is 3.00 bits per heavy atom. The minimum Gasteiger partial charge on any atom is -0.459 e. The lowest BCUT2D eigenvalue weighted by molar-refractivity contribution is -0.149. The molecular formula is C14H15FN2O2. The molecule has 1 fully saturated rings. The van der Waals surface area contributed by atoms with Gasteiger partial charge in [-0.15, -0.1) is 0 Å². The topological polar surface area (TPSA) is 41.6 Å². The Hall–Kier alpha value is -1.88. The summed E-state index contributed by atoms with van der Waals surface area (Å²) in [6, 6.07) is 5.76. The molecule has 100 valence electrons. The first-order valence-corrected chi connectivity index (χ1v) is 6.31. The van der Waals surface area contributed by atoms with E-state index in [1.165, 1.54) is 17.8 Å². The van der Waals surface area contributed by atoms with Crippen LogP contribution in [0, 0.1) is 5.82 Å². The highest BCUT2D eigenvalue weighted by Gasteiger charge is 2.35. The van der Waals surface area contributed by atoms with Crippen LogP contribution in [-0.2, 0) is 16.1 Å². The third-order valence-electron chi connectivity index (χ3n) is 3.48. The lowest BCUT2D eigenvalue weighted by atomic mass is 10.2. The van der Waals surface area contributed by atoms with Crippen molar-refractivity contribution >= 4 is 5.97 Å². The van der Waals surface area contributed by atoms with E-state index in [2.05, 4.69) is 11.4 Å². The first kappa shape index (κ1) is 12.2. The molecule has 0 aliphatic carbocycles. The molecule has 2 aliphatic rings. The number of carbonyl (C=O) groups is 1. The zero-order valence-electron chi connectivity index (χ0n) is 10.4. The van der Waals surface area contributed by atoms with Crippen molar-refractivity contribution in [1.82, 2.24) is 10.2 Å². The van der Waals surface area contributed by atoms with Crippen molar-refractivity contribution in [2.24, 2.45) is 0 Å². The molecule has 1 unspecified atom stereocenters. The van der Waals surface area contributed by atoms with Gasteiger partial charge < -0.3 is 9.64 Å². The zero-order valence-corrected chi connectivity index (χ0v) is 10.4. The zero-order chi connectivity index (χ0) is 13.2. The molecule has 2 heterocycles. The van der Waals surface area contributed by atoms with Gasteiger partial charge in [-0.2, -0.15) is 0 Å². The molecule has 0 radical (unpaired) electrons. The molecule has 3 rings (SSSR count). The fourth-order valence-electron chi connectivity index (χ4n) is 2.44. The van der Waals surface area contributed by atoms with Crippen molar-refractivity contribution in [3.63, 3.8) is 0 Å². The first-order chi connectivity index (χ1) is 9.24. The maximum atomic E-state index is 12.7.